The van der Waals surface area contributed by atoms with Gasteiger partial charge in [-0.15, -0.1) is 0 Å². The smallest absolute Gasteiger partial charge is 0.338 e. The van der Waals surface area contributed by atoms with E-state index >= 15 is 0 Å². The third-order valence-electron chi connectivity index (χ3n) is 4.03. The highest BCUT2D eigenvalue weighted by molar-refractivity contribution is 6.39. The predicted molar refractivity (Wildman–Crippen MR) is 106 cm³/mol. The van der Waals surface area contributed by atoms with Crippen molar-refractivity contribution in [3.05, 3.63) is 64.2 Å². The Hall–Kier alpha value is -3.11. The van der Waals surface area contributed by atoms with Crippen LogP contribution in [0.3, 0.4) is 0 Å². The minimum atomic E-state index is -4.78. The summed E-state index contributed by atoms with van der Waals surface area (Å²) in [7, 11) is 0. The summed E-state index contributed by atoms with van der Waals surface area (Å²) in [4.78, 5) is 15.3. The number of para-hydroxylation sites is 1. The molecule has 0 amide bonds. The summed E-state index contributed by atoms with van der Waals surface area (Å²) in [6, 6.07) is 7.45. The molecule has 3 N–H and O–H groups in total. The van der Waals surface area contributed by atoms with Gasteiger partial charge in [-0.05, 0) is 30.3 Å². The van der Waals surface area contributed by atoms with Gasteiger partial charge in [-0.2, -0.15) is 18.2 Å². The summed E-state index contributed by atoms with van der Waals surface area (Å²) < 4.78 is 52.0. The molecule has 0 spiro atoms. The third-order valence-corrected chi connectivity index (χ3v) is 4.66. The first-order valence-electron chi connectivity index (χ1n) is 8.28. The minimum absolute atomic E-state index is 0.0683. The first-order valence-corrected chi connectivity index (χ1v) is 9.03. The highest BCUT2D eigenvalue weighted by Gasteiger charge is 2.34. The molecule has 0 saturated carbocycles. The van der Waals surface area contributed by atoms with Gasteiger partial charge in [-0.25, -0.2) is 14.4 Å². The summed E-state index contributed by atoms with van der Waals surface area (Å²) in [5.74, 6) is -0.967. The molecule has 0 bridgehead atoms. The Bertz CT molecular complexity index is 1220. The van der Waals surface area contributed by atoms with Gasteiger partial charge in [0, 0.05) is 5.69 Å². The second kappa shape index (κ2) is 7.62. The molecule has 0 atom stereocenters. The molecule has 154 valence electrons. The van der Waals surface area contributed by atoms with Gasteiger partial charge in [0.1, 0.15) is 17.7 Å². The molecule has 0 radical (unpaired) electrons. The van der Waals surface area contributed by atoms with Gasteiger partial charge < -0.3 is 15.6 Å². The van der Waals surface area contributed by atoms with Crippen LogP contribution in [0.15, 0.2) is 42.7 Å². The summed E-state index contributed by atoms with van der Waals surface area (Å²) in [5, 5.41) is 6.44. The highest BCUT2D eigenvalue weighted by atomic mass is 35.5. The van der Waals surface area contributed by atoms with E-state index in [4.69, 9.17) is 23.2 Å². The number of halogens is 6. The maximum absolute atomic E-state index is 13.8. The summed E-state index contributed by atoms with van der Waals surface area (Å²) in [6.45, 7) is 0. The van der Waals surface area contributed by atoms with Gasteiger partial charge in [-0.3, -0.25) is 0 Å². The number of fused-ring (bicyclic) bond motifs is 1. The SMILES string of the molecule is Fc1cc(Nc2ncnc3nc(Nc4c(Cl)cccc4Cl)[nH]c23)ccc1C(F)(F)F. The van der Waals surface area contributed by atoms with Crippen molar-refractivity contribution in [3.63, 3.8) is 0 Å². The molecular formula is C18H10Cl2F4N6. The average Bonchev–Trinajstić information content (AvgIpc) is 3.08. The highest BCUT2D eigenvalue weighted by Crippen LogP contribution is 2.34. The van der Waals surface area contributed by atoms with Crippen LogP contribution in [0.25, 0.3) is 11.2 Å². The van der Waals surface area contributed by atoms with Crippen molar-refractivity contribution in [3.8, 4) is 0 Å². The van der Waals surface area contributed by atoms with Crippen LogP contribution in [0.5, 0.6) is 0 Å². The number of alkyl halides is 3. The zero-order chi connectivity index (χ0) is 21.5. The van der Waals surface area contributed by atoms with Crippen molar-refractivity contribution < 1.29 is 17.6 Å². The monoisotopic (exact) mass is 456 g/mol. The summed E-state index contributed by atoms with van der Waals surface area (Å²) in [5.41, 5.74) is -0.273. The van der Waals surface area contributed by atoms with E-state index in [0.29, 0.717) is 27.3 Å². The topological polar surface area (TPSA) is 78.5 Å². The summed E-state index contributed by atoms with van der Waals surface area (Å²) in [6.07, 6.45) is -3.58. The van der Waals surface area contributed by atoms with Crippen LogP contribution in [0.4, 0.5) is 40.7 Å². The number of hydrogen-bond donors (Lipinski definition) is 3. The minimum Gasteiger partial charge on any atom is -0.338 e. The van der Waals surface area contributed by atoms with E-state index in [1.54, 1.807) is 18.2 Å². The van der Waals surface area contributed by atoms with E-state index < -0.39 is 17.6 Å². The lowest BCUT2D eigenvalue weighted by Crippen LogP contribution is -2.08. The van der Waals surface area contributed by atoms with Crippen molar-refractivity contribution in [2.45, 2.75) is 6.18 Å². The lowest BCUT2D eigenvalue weighted by molar-refractivity contribution is -0.139. The Kier molecular flexibility index (Phi) is 5.12. The quantitative estimate of drug-likeness (QED) is 0.314. The molecule has 0 aliphatic heterocycles. The number of nitrogens with one attached hydrogen (secondary N) is 3. The largest absolute Gasteiger partial charge is 0.419 e. The van der Waals surface area contributed by atoms with Crippen molar-refractivity contribution in [2.75, 3.05) is 10.6 Å². The number of rotatable bonds is 4. The zero-order valence-electron chi connectivity index (χ0n) is 14.7. The van der Waals surface area contributed by atoms with Crippen LogP contribution in [0, 0.1) is 5.82 Å². The molecule has 4 aromatic rings. The maximum Gasteiger partial charge on any atom is 0.419 e. The van der Waals surface area contributed by atoms with Crippen molar-refractivity contribution in [1.29, 1.82) is 0 Å². The predicted octanol–water partition coefficient (Wildman–Crippen LogP) is 6.30. The fourth-order valence-corrected chi connectivity index (χ4v) is 3.17. The molecule has 2 heterocycles. The van der Waals surface area contributed by atoms with Crippen molar-refractivity contribution in [1.82, 2.24) is 19.9 Å². The van der Waals surface area contributed by atoms with Crippen LogP contribution < -0.4 is 10.6 Å². The number of benzene rings is 2. The van der Waals surface area contributed by atoms with Crippen LogP contribution in [-0.4, -0.2) is 19.9 Å². The number of aromatic nitrogens is 4. The van der Waals surface area contributed by atoms with E-state index in [1.807, 2.05) is 0 Å². The fourth-order valence-electron chi connectivity index (χ4n) is 2.68. The van der Waals surface area contributed by atoms with Crippen molar-refractivity contribution >= 4 is 57.5 Å². The van der Waals surface area contributed by atoms with Crippen LogP contribution in [0.1, 0.15) is 5.56 Å². The lowest BCUT2D eigenvalue weighted by Gasteiger charge is -2.10. The van der Waals surface area contributed by atoms with E-state index in [-0.39, 0.29) is 23.1 Å². The number of anilines is 4. The first-order chi connectivity index (χ1) is 14.2. The molecule has 2 aromatic heterocycles. The van der Waals surface area contributed by atoms with Gasteiger partial charge in [0.25, 0.3) is 0 Å². The van der Waals surface area contributed by atoms with Crippen LogP contribution in [-0.2, 0) is 6.18 Å². The number of H-pyrrole nitrogens is 1. The van der Waals surface area contributed by atoms with Crippen LogP contribution >= 0.6 is 23.2 Å². The number of hydrogen-bond acceptors (Lipinski definition) is 5. The lowest BCUT2D eigenvalue weighted by atomic mass is 10.2. The molecular weight excluding hydrogens is 447 g/mol. The molecule has 4 rings (SSSR count). The molecule has 0 saturated heterocycles. The fraction of sp³-hybridized carbons (Fsp3) is 0.0556. The first kappa shape index (κ1) is 20.2. The van der Waals surface area contributed by atoms with Crippen LogP contribution in [0.2, 0.25) is 10.0 Å². The van der Waals surface area contributed by atoms with Gasteiger partial charge in [0.15, 0.2) is 11.5 Å². The van der Waals surface area contributed by atoms with E-state index in [9.17, 15) is 17.6 Å². The second-order valence-electron chi connectivity index (χ2n) is 6.05. The standard InChI is InChI=1S/C18H10Cl2F4N6/c19-10-2-1-3-11(20)13(10)28-17-29-14-15(25-7-26-16(14)30-17)27-8-4-5-9(12(21)6-8)18(22,23)24/h1-7H,(H3,25,26,27,28,29,30). The molecule has 6 nitrogen and oxygen atoms in total. The molecule has 0 aliphatic carbocycles. The second-order valence-corrected chi connectivity index (χ2v) is 6.86. The van der Waals surface area contributed by atoms with Gasteiger partial charge in [-0.1, -0.05) is 29.3 Å². The summed E-state index contributed by atoms with van der Waals surface area (Å²) >= 11 is 12.3. The van der Waals surface area contributed by atoms with Crippen molar-refractivity contribution in [2.24, 2.45) is 0 Å². The van der Waals surface area contributed by atoms with E-state index in [1.165, 1.54) is 6.33 Å². The number of imidazole rings is 1. The molecule has 30 heavy (non-hydrogen) atoms. The molecule has 0 unspecified atom stereocenters. The normalized spacial score (nSPS) is 11.7. The number of nitrogens with zero attached hydrogens (tertiary/aromatic N) is 3. The van der Waals surface area contributed by atoms with Gasteiger partial charge >= 0.3 is 6.18 Å². The maximum atomic E-state index is 13.8. The van der Waals surface area contributed by atoms with Gasteiger partial charge in [0.05, 0.1) is 21.3 Å². The Balaban J connectivity index is 1.65. The Morgan fingerprint density at radius 2 is 1.70 bits per heavy atom. The third kappa shape index (κ3) is 3.96. The zero-order valence-corrected chi connectivity index (χ0v) is 16.2. The van der Waals surface area contributed by atoms with E-state index in [2.05, 4.69) is 30.6 Å². The Morgan fingerprint density at radius 3 is 2.37 bits per heavy atom. The molecule has 0 fully saturated rings. The molecule has 12 heteroatoms. The Morgan fingerprint density at radius 1 is 0.967 bits per heavy atom. The molecule has 0 aliphatic rings. The van der Waals surface area contributed by atoms with E-state index in [0.717, 1.165) is 12.1 Å². The molecule has 2 aromatic carbocycles. The number of aromatic amines is 1. The Labute approximate surface area is 176 Å². The average molecular weight is 457 g/mol. The van der Waals surface area contributed by atoms with Gasteiger partial charge in [0.2, 0.25) is 5.95 Å².